The third-order valence-electron chi connectivity index (χ3n) is 2.56. The molecule has 0 aliphatic carbocycles. The average Bonchev–Trinajstić information content (AvgIpc) is 2.38. The predicted molar refractivity (Wildman–Crippen MR) is 71.9 cm³/mol. The number of pyridine rings is 2. The summed E-state index contributed by atoms with van der Waals surface area (Å²) in [4.78, 5) is 18.9. The van der Waals surface area contributed by atoms with Gasteiger partial charge in [-0.05, 0) is 24.3 Å². The third kappa shape index (κ3) is 2.75. The molecule has 0 saturated carbocycles. The molecule has 104 valence electrons. The zero-order chi connectivity index (χ0) is 14.9. The van der Waals surface area contributed by atoms with E-state index in [0.717, 1.165) is 6.26 Å². The number of nitrogens with two attached hydrogens (primary N) is 1. The van der Waals surface area contributed by atoms with Crippen molar-refractivity contribution >= 4 is 21.5 Å². The third-order valence-corrected chi connectivity index (χ3v) is 3.65. The van der Waals surface area contributed by atoms with Gasteiger partial charge in [0.15, 0.2) is 15.5 Å². The molecule has 0 spiro atoms. The van der Waals surface area contributed by atoms with Crippen molar-refractivity contribution in [1.82, 2.24) is 9.97 Å². The predicted octanol–water partition coefficient (Wildman–Crippen LogP) is 0.828. The van der Waals surface area contributed by atoms with E-state index < -0.39 is 15.8 Å². The minimum Gasteiger partial charge on any atom is -0.476 e. The number of sulfone groups is 1. The number of aromatic nitrogens is 2. The monoisotopic (exact) mass is 293 g/mol. The first-order valence-electron chi connectivity index (χ1n) is 5.45. The number of hydrogen-bond donors (Lipinski definition) is 2. The molecule has 0 aliphatic rings. The van der Waals surface area contributed by atoms with Crippen LogP contribution in [0.25, 0.3) is 11.4 Å². The van der Waals surface area contributed by atoms with E-state index in [4.69, 9.17) is 10.8 Å². The van der Waals surface area contributed by atoms with Crippen LogP contribution < -0.4 is 5.73 Å². The van der Waals surface area contributed by atoms with Gasteiger partial charge in [-0.25, -0.2) is 18.2 Å². The van der Waals surface area contributed by atoms with Crippen molar-refractivity contribution in [1.29, 1.82) is 0 Å². The quantitative estimate of drug-likeness (QED) is 0.858. The zero-order valence-electron chi connectivity index (χ0n) is 10.4. The Bertz CT molecular complexity index is 770. The summed E-state index contributed by atoms with van der Waals surface area (Å²) >= 11 is 0. The van der Waals surface area contributed by atoms with Gasteiger partial charge >= 0.3 is 5.97 Å². The fraction of sp³-hybridized carbons (Fsp3) is 0.0833. The van der Waals surface area contributed by atoms with Crippen LogP contribution in [0.5, 0.6) is 0 Å². The normalized spacial score (nSPS) is 11.2. The van der Waals surface area contributed by atoms with Crippen molar-refractivity contribution in [3.05, 3.63) is 36.2 Å². The number of carbonyl (C=O) groups is 1. The lowest BCUT2D eigenvalue weighted by Crippen LogP contribution is -2.06. The van der Waals surface area contributed by atoms with Gasteiger partial charge in [0.2, 0.25) is 0 Å². The van der Waals surface area contributed by atoms with E-state index in [1.165, 1.54) is 30.5 Å². The fourth-order valence-electron chi connectivity index (χ4n) is 1.54. The first-order valence-corrected chi connectivity index (χ1v) is 7.34. The molecule has 20 heavy (non-hydrogen) atoms. The molecule has 7 nitrogen and oxygen atoms in total. The Morgan fingerprint density at radius 2 is 1.85 bits per heavy atom. The molecule has 0 bridgehead atoms. The molecule has 0 aliphatic heterocycles. The van der Waals surface area contributed by atoms with E-state index in [1.54, 1.807) is 0 Å². The Hall–Kier alpha value is -2.48. The average molecular weight is 293 g/mol. The van der Waals surface area contributed by atoms with Gasteiger partial charge in [-0.15, -0.1) is 0 Å². The first kappa shape index (κ1) is 13.9. The Labute approximate surface area is 115 Å². The number of nitrogens with zero attached hydrogens (tertiary/aromatic N) is 2. The summed E-state index contributed by atoms with van der Waals surface area (Å²) in [6.07, 6.45) is 2.27. The summed E-state index contributed by atoms with van der Waals surface area (Å²) in [5.74, 6) is -1.24. The van der Waals surface area contributed by atoms with Crippen LogP contribution in [0.1, 0.15) is 10.5 Å². The van der Waals surface area contributed by atoms with Crippen LogP contribution in [-0.2, 0) is 9.84 Å². The van der Waals surface area contributed by atoms with Crippen molar-refractivity contribution in [2.24, 2.45) is 0 Å². The van der Waals surface area contributed by atoms with Crippen LogP contribution in [0.2, 0.25) is 0 Å². The maximum absolute atomic E-state index is 11.3. The van der Waals surface area contributed by atoms with Crippen molar-refractivity contribution in [2.45, 2.75) is 4.90 Å². The molecule has 0 saturated heterocycles. The Kier molecular flexibility index (Phi) is 3.41. The maximum Gasteiger partial charge on any atom is 0.356 e. The molecule has 8 heteroatoms. The number of aromatic carboxylic acids is 1. The fourth-order valence-corrected chi connectivity index (χ4v) is 2.09. The van der Waals surface area contributed by atoms with Gasteiger partial charge < -0.3 is 10.8 Å². The van der Waals surface area contributed by atoms with E-state index in [-0.39, 0.29) is 16.3 Å². The SMILES string of the molecule is CS(=O)(=O)c1ccc(-c2ccc(N)c(C(=O)O)n2)nc1. The van der Waals surface area contributed by atoms with E-state index in [9.17, 15) is 13.2 Å². The van der Waals surface area contributed by atoms with Crippen molar-refractivity contribution in [3.63, 3.8) is 0 Å². The van der Waals surface area contributed by atoms with Gasteiger partial charge in [-0.1, -0.05) is 0 Å². The van der Waals surface area contributed by atoms with Crippen molar-refractivity contribution < 1.29 is 18.3 Å². The van der Waals surface area contributed by atoms with E-state index in [1.807, 2.05) is 0 Å². The molecule has 0 unspecified atom stereocenters. The second-order valence-electron chi connectivity index (χ2n) is 4.09. The highest BCUT2D eigenvalue weighted by atomic mass is 32.2. The number of hydrogen-bond acceptors (Lipinski definition) is 6. The number of carboxylic acid groups (broad SMARTS) is 1. The molecule has 0 amide bonds. The molecular weight excluding hydrogens is 282 g/mol. The summed E-state index contributed by atoms with van der Waals surface area (Å²) in [5.41, 5.74) is 5.95. The molecule has 2 aromatic heterocycles. The summed E-state index contributed by atoms with van der Waals surface area (Å²) in [6, 6.07) is 5.78. The second kappa shape index (κ2) is 4.89. The van der Waals surface area contributed by atoms with Gasteiger partial charge in [-0.2, -0.15) is 0 Å². The minimum atomic E-state index is -3.33. The van der Waals surface area contributed by atoms with Crippen molar-refractivity contribution in [2.75, 3.05) is 12.0 Å². The molecule has 0 fully saturated rings. The van der Waals surface area contributed by atoms with Crippen LogP contribution in [0.15, 0.2) is 35.4 Å². The second-order valence-corrected chi connectivity index (χ2v) is 6.11. The number of anilines is 1. The highest BCUT2D eigenvalue weighted by Crippen LogP contribution is 2.19. The van der Waals surface area contributed by atoms with Crippen molar-refractivity contribution in [3.8, 4) is 11.4 Å². The van der Waals surface area contributed by atoms with E-state index in [2.05, 4.69) is 9.97 Å². The molecule has 2 aromatic rings. The number of carboxylic acids is 1. The largest absolute Gasteiger partial charge is 0.476 e. The summed E-state index contributed by atoms with van der Waals surface area (Å²) in [6.45, 7) is 0. The molecular formula is C12H11N3O4S. The molecule has 2 heterocycles. The number of rotatable bonds is 3. The van der Waals surface area contributed by atoms with Gasteiger partial charge in [0.25, 0.3) is 0 Å². The zero-order valence-corrected chi connectivity index (χ0v) is 11.3. The van der Waals surface area contributed by atoms with E-state index in [0.29, 0.717) is 11.4 Å². The van der Waals surface area contributed by atoms with Crippen LogP contribution >= 0.6 is 0 Å². The first-order chi connectivity index (χ1) is 9.29. The van der Waals surface area contributed by atoms with Crippen LogP contribution in [0.3, 0.4) is 0 Å². The standard InChI is InChI=1S/C12H11N3O4S/c1-20(18,19)7-2-4-9(14-6-7)10-5-3-8(13)11(15-10)12(16)17/h2-6H,13H2,1H3,(H,16,17). The number of nitrogen functional groups attached to an aromatic ring is 1. The van der Waals surface area contributed by atoms with Crippen LogP contribution in [0, 0.1) is 0 Å². The highest BCUT2D eigenvalue weighted by molar-refractivity contribution is 7.90. The van der Waals surface area contributed by atoms with Gasteiger partial charge in [-0.3, -0.25) is 4.98 Å². The Morgan fingerprint density at radius 3 is 2.35 bits per heavy atom. The maximum atomic E-state index is 11.3. The van der Waals surface area contributed by atoms with Gasteiger partial charge in [0, 0.05) is 12.5 Å². The van der Waals surface area contributed by atoms with Gasteiger partial charge in [0.05, 0.1) is 22.0 Å². The molecule has 0 radical (unpaired) electrons. The lowest BCUT2D eigenvalue weighted by atomic mass is 10.2. The summed E-state index contributed by atoms with van der Waals surface area (Å²) < 4.78 is 22.6. The molecule has 2 rings (SSSR count). The van der Waals surface area contributed by atoms with Crippen LogP contribution in [0.4, 0.5) is 5.69 Å². The van der Waals surface area contributed by atoms with Gasteiger partial charge in [0.1, 0.15) is 0 Å². The molecule has 3 N–H and O–H groups in total. The van der Waals surface area contributed by atoms with E-state index >= 15 is 0 Å². The molecule has 0 atom stereocenters. The highest BCUT2D eigenvalue weighted by Gasteiger charge is 2.13. The lowest BCUT2D eigenvalue weighted by molar-refractivity contribution is 0.0692. The molecule has 0 aromatic carbocycles. The lowest BCUT2D eigenvalue weighted by Gasteiger charge is -2.05. The summed E-state index contributed by atoms with van der Waals surface area (Å²) in [5, 5.41) is 8.95. The minimum absolute atomic E-state index is 0.0500. The van der Waals surface area contributed by atoms with Crippen LogP contribution in [-0.4, -0.2) is 35.7 Å². The Morgan fingerprint density at radius 1 is 1.20 bits per heavy atom. The summed E-state index contributed by atoms with van der Waals surface area (Å²) in [7, 11) is -3.33. The topological polar surface area (TPSA) is 123 Å². The smallest absolute Gasteiger partial charge is 0.356 e. The Balaban J connectivity index is 2.47.